The molecule has 0 atom stereocenters. The van der Waals surface area contributed by atoms with Gasteiger partial charge in [0.1, 0.15) is 11.4 Å². The standard InChI is InChI=1S/C15H14ClN5O2/c1-9-12(18-14(22)13-11(16)8-17-19-13)15(23)21(20(9)2)10-6-4-3-5-7-10/h3-8H,1-2H3,(H,17,19)(H,18,22). The molecule has 3 aromatic rings. The summed E-state index contributed by atoms with van der Waals surface area (Å²) >= 11 is 5.87. The number of nitrogens with zero attached hydrogens (tertiary/aromatic N) is 3. The second-order valence-electron chi connectivity index (χ2n) is 4.98. The zero-order valence-electron chi connectivity index (χ0n) is 12.5. The second-order valence-corrected chi connectivity index (χ2v) is 5.39. The van der Waals surface area contributed by atoms with Crippen molar-refractivity contribution in [3.05, 3.63) is 63.3 Å². The Labute approximate surface area is 136 Å². The first-order valence-corrected chi connectivity index (χ1v) is 7.22. The van der Waals surface area contributed by atoms with Crippen molar-refractivity contribution in [2.75, 3.05) is 5.32 Å². The molecule has 0 spiro atoms. The van der Waals surface area contributed by atoms with Crippen LogP contribution in [0.5, 0.6) is 0 Å². The topological polar surface area (TPSA) is 84.7 Å². The normalized spacial score (nSPS) is 10.7. The summed E-state index contributed by atoms with van der Waals surface area (Å²) in [5, 5.41) is 9.00. The lowest BCUT2D eigenvalue weighted by Crippen LogP contribution is -2.23. The van der Waals surface area contributed by atoms with Gasteiger partial charge in [-0.3, -0.25) is 19.4 Å². The van der Waals surface area contributed by atoms with Crippen LogP contribution in [0.25, 0.3) is 5.69 Å². The van der Waals surface area contributed by atoms with Gasteiger partial charge in [-0.05, 0) is 19.1 Å². The van der Waals surface area contributed by atoms with Crippen LogP contribution >= 0.6 is 11.6 Å². The number of carbonyl (C=O) groups is 1. The van der Waals surface area contributed by atoms with Gasteiger partial charge < -0.3 is 5.32 Å². The van der Waals surface area contributed by atoms with Gasteiger partial charge >= 0.3 is 0 Å². The van der Waals surface area contributed by atoms with Gasteiger partial charge in [-0.2, -0.15) is 5.10 Å². The Morgan fingerprint density at radius 3 is 2.61 bits per heavy atom. The first-order valence-electron chi connectivity index (χ1n) is 6.85. The van der Waals surface area contributed by atoms with E-state index in [1.54, 1.807) is 18.7 Å². The van der Waals surface area contributed by atoms with E-state index in [0.29, 0.717) is 11.4 Å². The third-order valence-corrected chi connectivity index (χ3v) is 3.90. The van der Waals surface area contributed by atoms with Gasteiger partial charge in [0.25, 0.3) is 11.5 Å². The summed E-state index contributed by atoms with van der Waals surface area (Å²) in [5.41, 5.74) is 1.33. The number of nitrogens with one attached hydrogen (secondary N) is 2. The molecular formula is C15H14ClN5O2. The van der Waals surface area contributed by atoms with Crippen molar-refractivity contribution in [1.29, 1.82) is 0 Å². The van der Waals surface area contributed by atoms with E-state index < -0.39 is 5.91 Å². The number of amides is 1. The molecule has 2 aromatic heterocycles. The van der Waals surface area contributed by atoms with E-state index >= 15 is 0 Å². The fourth-order valence-electron chi connectivity index (χ4n) is 2.32. The second kappa shape index (κ2) is 5.77. The Balaban J connectivity index is 2.03. The largest absolute Gasteiger partial charge is 0.314 e. The first-order chi connectivity index (χ1) is 11.0. The van der Waals surface area contributed by atoms with E-state index in [9.17, 15) is 9.59 Å². The van der Waals surface area contributed by atoms with Crippen molar-refractivity contribution in [2.45, 2.75) is 6.92 Å². The van der Waals surface area contributed by atoms with E-state index in [0.717, 1.165) is 0 Å². The Morgan fingerprint density at radius 1 is 1.30 bits per heavy atom. The van der Waals surface area contributed by atoms with Crippen molar-refractivity contribution in [3.63, 3.8) is 0 Å². The van der Waals surface area contributed by atoms with E-state index in [4.69, 9.17) is 11.6 Å². The molecule has 1 aromatic carbocycles. The van der Waals surface area contributed by atoms with Crippen LogP contribution in [0, 0.1) is 6.92 Å². The molecule has 0 radical (unpaired) electrons. The maximum atomic E-state index is 12.7. The number of carbonyl (C=O) groups excluding carboxylic acids is 1. The number of hydrogen-bond donors (Lipinski definition) is 2. The van der Waals surface area contributed by atoms with Crippen LogP contribution in [0.2, 0.25) is 5.02 Å². The Morgan fingerprint density at radius 2 is 2.00 bits per heavy atom. The number of H-pyrrole nitrogens is 1. The number of anilines is 1. The van der Waals surface area contributed by atoms with Crippen LogP contribution in [0.4, 0.5) is 5.69 Å². The number of rotatable bonds is 3. The molecule has 23 heavy (non-hydrogen) atoms. The summed E-state index contributed by atoms with van der Waals surface area (Å²) in [6.07, 6.45) is 1.33. The molecule has 1 amide bonds. The average molecular weight is 332 g/mol. The van der Waals surface area contributed by atoms with Crippen LogP contribution in [0.1, 0.15) is 16.2 Å². The fourth-order valence-corrected chi connectivity index (χ4v) is 2.50. The van der Waals surface area contributed by atoms with Crippen molar-refractivity contribution in [2.24, 2.45) is 7.05 Å². The summed E-state index contributed by atoms with van der Waals surface area (Å²) in [7, 11) is 1.75. The molecule has 2 N–H and O–H groups in total. The molecule has 2 heterocycles. The van der Waals surface area contributed by atoms with Crippen LogP contribution in [-0.2, 0) is 7.05 Å². The molecule has 0 bridgehead atoms. The first kappa shape index (κ1) is 15.1. The summed E-state index contributed by atoms with van der Waals surface area (Å²) in [6, 6.07) is 9.18. The zero-order chi connectivity index (χ0) is 16.6. The van der Waals surface area contributed by atoms with Crippen molar-refractivity contribution >= 4 is 23.2 Å². The maximum absolute atomic E-state index is 12.7. The lowest BCUT2D eigenvalue weighted by atomic mass is 10.3. The predicted molar refractivity (Wildman–Crippen MR) is 87.3 cm³/mol. The Hall–Kier alpha value is -2.80. The SMILES string of the molecule is Cc1c(NC(=O)c2[nH]ncc2Cl)c(=O)n(-c2ccccc2)n1C. The number of halogens is 1. The highest BCUT2D eigenvalue weighted by Crippen LogP contribution is 2.17. The van der Waals surface area contributed by atoms with E-state index in [1.165, 1.54) is 10.9 Å². The highest BCUT2D eigenvalue weighted by atomic mass is 35.5. The van der Waals surface area contributed by atoms with Crippen molar-refractivity contribution < 1.29 is 4.79 Å². The molecule has 0 fully saturated rings. The molecule has 118 valence electrons. The average Bonchev–Trinajstić information content (AvgIpc) is 3.06. The number of hydrogen-bond acceptors (Lipinski definition) is 3. The number of para-hydroxylation sites is 1. The fraction of sp³-hybridized carbons (Fsp3) is 0.133. The minimum absolute atomic E-state index is 0.112. The van der Waals surface area contributed by atoms with Gasteiger partial charge in [0.05, 0.1) is 22.6 Å². The van der Waals surface area contributed by atoms with Gasteiger partial charge in [0.2, 0.25) is 0 Å². The minimum Gasteiger partial charge on any atom is -0.314 e. The lowest BCUT2D eigenvalue weighted by molar-refractivity contribution is 0.102. The van der Waals surface area contributed by atoms with E-state index in [-0.39, 0.29) is 22.0 Å². The summed E-state index contributed by atoms with van der Waals surface area (Å²) in [4.78, 5) is 24.9. The van der Waals surface area contributed by atoms with Gasteiger partial charge in [-0.25, -0.2) is 4.68 Å². The number of benzene rings is 1. The van der Waals surface area contributed by atoms with E-state index in [1.807, 2.05) is 30.3 Å². The van der Waals surface area contributed by atoms with Crippen LogP contribution in [0.15, 0.2) is 41.3 Å². The Kier molecular flexibility index (Phi) is 3.79. The number of aromatic amines is 1. The lowest BCUT2D eigenvalue weighted by Gasteiger charge is -2.07. The molecule has 0 aliphatic heterocycles. The summed E-state index contributed by atoms with van der Waals surface area (Å²) < 4.78 is 3.17. The third-order valence-electron chi connectivity index (χ3n) is 3.61. The van der Waals surface area contributed by atoms with Gasteiger partial charge in [0.15, 0.2) is 0 Å². The van der Waals surface area contributed by atoms with Gasteiger partial charge in [-0.1, -0.05) is 29.8 Å². The summed E-state index contributed by atoms with van der Waals surface area (Å²) in [6.45, 7) is 1.75. The Bertz CT molecular complexity index is 923. The molecule has 0 aliphatic carbocycles. The molecule has 7 nitrogen and oxygen atoms in total. The minimum atomic E-state index is -0.515. The summed E-state index contributed by atoms with van der Waals surface area (Å²) in [5.74, 6) is -0.515. The molecule has 0 saturated carbocycles. The van der Waals surface area contributed by atoms with Crippen LogP contribution in [-0.4, -0.2) is 25.5 Å². The van der Waals surface area contributed by atoms with Crippen molar-refractivity contribution in [3.8, 4) is 5.69 Å². The van der Waals surface area contributed by atoms with Gasteiger partial charge in [0, 0.05) is 7.05 Å². The van der Waals surface area contributed by atoms with E-state index in [2.05, 4.69) is 15.5 Å². The molecule has 0 saturated heterocycles. The molecule has 0 unspecified atom stereocenters. The third kappa shape index (κ3) is 2.55. The quantitative estimate of drug-likeness (QED) is 0.771. The van der Waals surface area contributed by atoms with Crippen LogP contribution in [0.3, 0.4) is 0 Å². The number of aromatic nitrogens is 4. The predicted octanol–water partition coefficient (Wildman–Crippen LogP) is 2.11. The molecular weight excluding hydrogens is 318 g/mol. The zero-order valence-corrected chi connectivity index (χ0v) is 13.3. The molecule has 0 aliphatic rings. The van der Waals surface area contributed by atoms with Gasteiger partial charge in [-0.15, -0.1) is 0 Å². The molecule has 8 heteroatoms. The smallest absolute Gasteiger partial charge is 0.295 e. The van der Waals surface area contributed by atoms with Crippen LogP contribution < -0.4 is 10.9 Å². The maximum Gasteiger partial charge on any atom is 0.295 e. The monoisotopic (exact) mass is 331 g/mol. The van der Waals surface area contributed by atoms with Crippen molar-refractivity contribution in [1.82, 2.24) is 19.6 Å². The highest BCUT2D eigenvalue weighted by Gasteiger charge is 2.20. The molecule has 3 rings (SSSR count). The highest BCUT2D eigenvalue weighted by molar-refractivity contribution is 6.34.